The van der Waals surface area contributed by atoms with E-state index in [-0.39, 0.29) is 36.1 Å². The lowest BCUT2D eigenvalue weighted by Gasteiger charge is -2.46. The van der Waals surface area contributed by atoms with E-state index in [1.165, 1.54) is 39.7 Å². The Labute approximate surface area is 281 Å². The molecular formula is C35H33F2N7O4S. The lowest BCUT2D eigenvalue weighted by molar-refractivity contribution is 0.0733. The number of nitrogens with zero attached hydrogens (tertiary/aromatic N) is 7. The Balaban J connectivity index is 1.34. The molecule has 11 nitrogen and oxygen atoms in total. The third kappa shape index (κ3) is 5.84. The number of halogens is 2. The Morgan fingerprint density at radius 1 is 1.08 bits per heavy atom. The highest BCUT2D eigenvalue weighted by atomic mass is 32.2. The molecule has 2 aromatic carbocycles. The van der Waals surface area contributed by atoms with Crippen LogP contribution < -0.4 is 4.74 Å². The summed E-state index contributed by atoms with van der Waals surface area (Å²) in [6.45, 7) is 1.88. The highest BCUT2D eigenvalue weighted by Gasteiger charge is 2.52. The van der Waals surface area contributed by atoms with Crippen molar-refractivity contribution in [1.29, 1.82) is 0 Å². The number of sulfonamides is 1. The van der Waals surface area contributed by atoms with Gasteiger partial charge in [0.2, 0.25) is 0 Å². The predicted molar refractivity (Wildman–Crippen MR) is 175 cm³/mol. The molecule has 3 aromatic heterocycles. The van der Waals surface area contributed by atoms with Crippen LogP contribution in [-0.4, -0.2) is 61.2 Å². The van der Waals surface area contributed by atoms with Crippen LogP contribution in [-0.2, 0) is 30.0 Å². The zero-order valence-corrected chi connectivity index (χ0v) is 27.9. The average Bonchev–Trinajstić information content (AvgIpc) is 3.72. The molecule has 0 saturated heterocycles. The number of methoxy groups -OCH3 is 1. The maximum atomic E-state index is 14.7. The van der Waals surface area contributed by atoms with Crippen molar-refractivity contribution in [3.63, 3.8) is 0 Å². The third-order valence-electron chi connectivity index (χ3n) is 9.50. The molecule has 2 aliphatic rings. The number of pyridine rings is 1. The minimum atomic E-state index is -4.26. The standard InChI is InChI=1S/C35H33F2N7O4S/c1-22-14-30(48-3)11-4-23(22)20-43(49(46,47)34-39-21-42(2)41-34)29-8-5-25-15-32-24(19-40-44(32)28-9-6-26(36)7-10-28)17-35(25,18-29)33(45)31-16-27(37)12-13-38-31/h4,6-7,9-16,19,21,29H,5,8,17-18,20H2,1-3H3/t29-,35-/m0/s1. The molecule has 0 N–H and O–H groups in total. The third-order valence-corrected chi connectivity index (χ3v) is 11.2. The van der Waals surface area contributed by atoms with Gasteiger partial charge in [0.25, 0.3) is 15.2 Å². The highest BCUT2D eigenvalue weighted by Crippen LogP contribution is 2.51. The van der Waals surface area contributed by atoms with E-state index in [2.05, 4.69) is 20.2 Å². The number of ketones is 1. The number of ether oxygens (including phenoxy) is 1. The first-order valence-corrected chi connectivity index (χ1v) is 17.1. The molecule has 0 bridgehead atoms. The van der Waals surface area contributed by atoms with Crippen LogP contribution in [0.25, 0.3) is 11.8 Å². The van der Waals surface area contributed by atoms with Crippen molar-refractivity contribution in [2.75, 3.05) is 7.11 Å². The summed E-state index contributed by atoms with van der Waals surface area (Å²) in [5.41, 5.74) is 3.17. The molecule has 14 heteroatoms. The topological polar surface area (TPSA) is 125 Å². The zero-order valence-electron chi connectivity index (χ0n) is 27.0. The van der Waals surface area contributed by atoms with Gasteiger partial charge in [0.1, 0.15) is 29.4 Å². The Kier molecular flexibility index (Phi) is 8.23. The van der Waals surface area contributed by atoms with Gasteiger partial charge in [0.15, 0.2) is 5.78 Å². The molecule has 1 saturated carbocycles. The van der Waals surface area contributed by atoms with Crippen LogP contribution in [0.1, 0.15) is 52.1 Å². The summed E-state index contributed by atoms with van der Waals surface area (Å²) >= 11 is 0. The molecular weight excluding hydrogens is 652 g/mol. The van der Waals surface area contributed by atoms with E-state index in [9.17, 15) is 22.0 Å². The summed E-state index contributed by atoms with van der Waals surface area (Å²) in [7, 11) is -1.11. The Hall–Kier alpha value is -5.08. The van der Waals surface area contributed by atoms with Crippen LogP contribution in [0.4, 0.5) is 8.78 Å². The van der Waals surface area contributed by atoms with Crippen molar-refractivity contribution in [3.8, 4) is 11.4 Å². The Morgan fingerprint density at radius 2 is 1.88 bits per heavy atom. The fourth-order valence-corrected chi connectivity index (χ4v) is 8.49. The second kappa shape index (κ2) is 12.4. The lowest BCUT2D eigenvalue weighted by atomic mass is 9.60. The lowest BCUT2D eigenvalue weighted by Crippen LogP contribution is -2.50. The van der Waals surface area contributed by atoms with Crippen molar-refractivity contribution in [2.45, 2.75) is 50.4 Å². The second-order valence-corrected chi connectivity index (χ2v) is 14.3. The maximum absolute atomic E-state index is 14.7. The van der Waals surface area contributed by atoms with Crippen molar-refractivity contribution >= 4 is 21.9 Å². The van der Waals surface area contributed by atoms with E-state index in [0.29, 0.717) is 24.3 Å². The maximum Gasteiger partial charge on any atom is 0.282 e. The van der Waals surface area contributed by atoms with Crippen LogP contribution >= 0.6 is 0 Å². The Morgan fingerprint density at radius 3 is 2.57 bits per heavy atom. The first-order valence-electron chi connectivity index (χ1n) is 15.7. The molecule has 2 atom stereocenters. The van der Waals surface area contributed by atoms with Crippen LogP contribution in [0, 0.1) is 24.0 Å². The molecule has 2 aliphatic carbocycles. The summed E-state index contributed by atoms with van der Waals surface area (Å²) in [4.78, 5) is 23.0. The minimum absolute atomic E-state index is 0.00361. The summed E-state index contributed by atoms with van der Waals surface area (Å²) in [6, 6.07) is 13.0. The van der Waals surface area contributed by atoms with Crippen molar-refractivity contribution in [1.82, 2.24) is 33.8 Å². The molecule has 0 amide bonds. The molecule has 252 valence electrons. The largest absolute Gasteiger partial charge is 0.497 e. The van der Waals surface area contributed by atoms with Gasteiger partial charge in [0, 0.05) is 31.9 Å². The number of rotatable bonds is 9. The van der Waals surface area contributed by atoms with Crippen molar-refractivity contribution in [3.05, 3.63) is 119 Å². The van der Waals surface area contributed by atoms with E-state index in [1.54, 1.807) is 43.2 Å². The second-order valence-electron chi connectivity index (χ2n) is 12.5. The SMILES string of the molecule is COc1ccc(CN([C@H]2CCC3=Cc4c(cnn4-c4ccc(F)cc4)C[C@]3(C(=O)c3cc(F)ccn3)C2)S(=O)(=O)c2ncn(C)n2)c(C)c1. The minimum Gasteiger partial charge on any atom is -0.497 e. The summed E-state index contributed by atoms with van der Waals surface area (Å²) in [5, 5.41) is 8.37. The van der Waals surface area contributed by atoms with Gasteiger partial charge in [0.05, 0.1) is 30.1 Å². The van der Waals surface area contributed by atoms with E-state index in [1.807, 2.05) is 25.1 Å². The van der Waals surface area contributed by atoms with E-state index in [4.69, 9.17) is 4.74 Å². The van der Waals surface area contributed by atoms with Gasteiger partial charge in [-0.2, -0.15) is 9.40 Å². The predicted octanol–water partition coefficient (Wildman–Crippen LogP) is 5.24. The van der Waals surface area contributed by atoms with E-state index < -0.39 is 33.1 Å². The number of fused-ring (bicyclic) bond motifs is 2. The number of aryl methyl sites for hydroxylation is 2. The number of carbonyl (C=O) groups is 1. The summed E-state index contributed by atoms with van der Waals surface area (Å²) in [6.07, 6.45) is 7.18. The molecule has 0 unspecified atom stereocenters. The smallest absolute Gasteiger partial charge is 0.282 e. The van der Waals surface area contributed by atoms with Crippen LogP contribution in [0.2, 0.25) is 0 Å². The normalized spacial score (nSPS) is 18.9. The summed E-state index contributed by atoms with van der Waals surface area (Å²) < 4.78 is 66.8. The zero-order chi connectivity index (χ0) is 34.5. The van der Waals surface area contributed by atoms with Crippen LogP contribution in [0.5, 0.6) is 5.75 Å². The molecule has 3 heterocycles. The van der Waals surface area contributed by atoms with Gasteiger partial charge < -0.3 is 4.74 Å². The Bertz CT molecular complexity index is 2210. The molecule has 0 aliphatic heterocycles. The van der Waals surface area contributed by atoms with Gasteiger partial charge in [-0.25, -0.2) is 26.9 Å². The molecule has 7 rings (SSSR count). The van der Waals surface area contributed by atoms with Crippen molar-refractivity contribution < 1.29 is 26.7 Å². The number of benzene rings is 2. The van der Waals surface area contributed by atoms with Gasteiger partial charge in [-0.15, -0.1) is 5.10 Å². The van der Waals surface area contributed by atoms with Crippen LogP contribution in [0.15, 0.2) is 84.0 Å². The monoisotopic (exact) mass is 685 g/mol. The molecule has 5 aromatic rings. The number of Topliss-reactive ketones (excluding diaryl/α,β-unsaturated/α-hetero) is 1. The summed E-state index contributed by atoms with van der Waals surface area (Å²) in [5.74, 6) is -0.745. The number of carbonyl (C=O) groups excluding carboxylic acids is 1. The van der Waals surface area contributed by atoms with Crippen molar-refractivity contribution in [2.24, 2.45) is 12.5 Å². The molecule has 1 fully saturated rings. The van der Waals surface area contributed by atoms with Crippen LogP contribution in [0.3, 0.4) is 0 Å². The highest BCUT2D eigenvalue weighted by molar-refractivity contribution is 7.88. The van der Waals surface area contributed by atoms with E-state index in [0.717, 1.165) is 34.0 Å². The van der Waals surface area contributed by atoms with Gasteiger partial charge in [-0.05, 0) is 97.8 Å². The molecule has 0 spiro atoms. The number of hydrogen-bond donors (Lipinski definition) is 0. The first-order chi connectivity index (χ1) is 23.5. The quantitative estimate of drug-likeness (QED) is 0.193. The average molecular weight is 686 g/mol. The first kappa shape index (κ1) is 32.5. The van der Waals surface area contributed by atoms with Gasteiger partial charge in [-0.3, -0.25) is 14.5 Å². The molecule has 49 heavy (non-hydrogen) atoms. The number of allylic oxidation sites excluding steroid dienone is 1. The van der Waals surface area contributed by atoms with E-state index >= 15 is 0 Å². The fraction of sp³-hybridized carbons (Fsp3) is 0.286. The fourth-order valence-electron chi connectivity index (χ4n) is 6.99. The van der Waals surface area contributed by atoms with Gasteiger partial charge >= 0.3 is 0 Å². The van der Waals surface area contributed by atoms with Gasteiger partial charge in [-0.1, -0.05) is 11.6 Å². The number of hydrogen-bond acceptors (Lipinski definition) is 8. The molecule has 0 radical (unpaired) electrons. The number of aromatic nitrogens is 6.